The van der Waals surface area contributed by atoms with E-state index in [1.807, 2.05) is 0 Å². The Morgan fingerprint density at radius 3 is 2.42 bits per heavy atom. The van der Waals surface area contributed by atoms with Crippen LogP contribution in [0.15, 0.2) is 17.2 Å². The highest BCUT2D eigenvalue weighted by Gasteiger charge is 2.35. The molecule has 0 N–H and O–H groups in total. The van der Waals surface area contributed by atoms with E-state index in [-0.39, 0.29) is 4.90 Å². The van der Waals surface area contributed by atoms with E-state index < -0.39 is 11.9 Å². The van der Waals surface area contributed by atoms with Gasteiger partial charge in [-0.1, -0.05) is 0 Å². The van der Waals surface area contributed by atoms with Gasteiger partial charge in [0.05, 0.1) is 0 Å². The van der Waals surface area contributed by atoms with Crippen LogP contribution in [0.4, 0.5) is 13.2 Å². The van der Waals surface area contributed by atoms with E-state index in [2.05, 4.69) is 17.6 Å². The van der Waals surface area contributed by atoms with Crippen molar-refractivity contribution in [3.63, 3.8) is 0 Å². The molecule has 1 rings (SSSR count). The molecule has 0 aliphatic carbocycles. The molecule has 0 aliphatic rings. The Morgan fingerprint density at radius 2 is 2.00 bits per heavy atom. The van der Waals surface area contributed by atoms with Crippen molar-refractivity contribution in [2.45, 2.75) is 11.1 Å². The van der Waals surface area contributed by atoms with Gasteiger partial charge in [-0.3, -0.25) is 4.98 Å². The molecule has 0 amide bonds. The maximum atomic E-state index is 12.1. The van der Waals surface area contributed by atoms with E-state index in [0.717, 1.165) is 6.20 Å². The van der Waals surface area contributed by atoms with Gasteiger partial charge in [-0.15, -0.1) is 12.6 Å². The van der Waals surface area contributed by atoms with Crippen LogP contribution in [0.5, 0.6) is 0 Å². The summed E-state index contributed by atoms with van der Waals surface area (Å²) in [5.41, 5.74) is -0.933. The molecule has 1 nitrogen and oxygen atoms in total. The van der Waals surface area contributed by atoms with Gasteiger partial charge in [-0.25, -0.2) is 0 Å². The van der Waals surface area contributed by atoms with Crippen molar-refractivity contribution < 1.29 is 13.2 Å². The molecular formula is C6H3F3INS. The second-order valence-electron chi connectivity index (χ2n) is 1.99. The molecule has 0 bridgehead atoms. The molecule has 0 saturated carbocycles. The van der Waals surface area contributed by atoms with E-state index in [1.165, 1.54) is 6.07 Å². The number of alkyl halides is 3. The SMILES string of the molecule is FC(F)(F)c1nccc(I)c1S. The lowest BCUT2D eigenvalue weighted by molar-refractivity contribution is -0.143. The zero-order chi connectivity index (χ0) is 9.35. The molecule has 0 aromatic carbocycles. The number of rotatable bonds is 0. The Kier molecular flexibility index (Phi) is 2.87. The molecule has 0 aliphatic heterocycles. The van der Waals surface area contributed by atoms with E-state index in [0.29, 0.717) is 3.57 Å². The number of aromatic nitrogens is 1. The standard InChI is InChI=1S/C6H3F3INS/c7-6(8,9)5-4(12)3(10)1-2-11-5/h1-2,12H. The largest absolute Gasteiger partial charge is 0.434 e. The molecule has 12 heavy (non-hydrogen) atoms. The summed E-state index contributed by atoms with van der Waals surface area (Å²) in [5, 5.41) is 0. The second kappa shape index (κ2) is 3.41. The van der Waals surface area contributed by atoms with Crippen molar-refractivity contribution in [2.24, 2.45) is 0 Å². The molecule has 0 saturated heterocycles. The van der Waals surface area contributed by atoms with Crippen LogP contribution >= 0.6 is 35.2 Å². The number of hydrogen-bond acceptors (Lipinski definition) is 2. The van der Waals surface area contributed by atoms with Gasteiger partial charge < -0.3 is 0 Å². The van der Waals surface area contributed by atoms with Gasteiger partial charge in [-0.2, -0.15) is 13.2 Å². The lowest BCUT2D eigenvalue weighted by atomic mass is 10.3. The second-order valence-corrected chi connectivity index (χ2v) is 3.60. The first kappa shape index (κ1) is 10.1. The Hall–Kier alpha value is 0.0200. The Morgan fingerprint density at radius 1 is 1.42 bits per heavy atom. The van der Waals surface area contributed by atoms with Crippen molar-refractivity contribution in [1.82, 2.24) is 4.98 Å². The number of halogens is 4. The third kappa shape index (κ3) is 2.03. The van der Waals surface area contributed by atoms with Gasteiger partial charge in [0.15, 0.2) is 5.69 Å². The van der Waals surface area contributed by atoms with E-state index >= 15 is 0 Å². The third-order valence-electron chi connectivity index (χ3n) is 1.14. The number of hydrogen-bond donors (Lipinski definition) is 1. The van der Waals surface area contributed by atoms with E-state index in [4.69, 9.17) is 0 Å². The van der Waals surface area contributed by atoms with Gasteiger partial charge in [0.25, 0.3) is 0 Å². The van der Waals surface area contributed by atoms with Gasteiger partial charge >= 0.3 is 6.18 Å². The van der Waals surface area contributed by atoms with Crippen molar-refractivity contribution >= 4 is 35.2 Å². The topological polar surface area (TPSA) is 12.9 Å². The molecule has 1 heterocycles. The normalized spacial score (nSPS) is 11.8. The summed E-state index contributed by atoms with van der Waals surface area (Å²) < 4.78 is 36.8. The lowest BCUT2D eigenvalue weighted by Gasteiger charge is -2.08. The summed E-state index contributed by atoms with van der Waals surface area (Å²) in [6.45, 7) is 0. The fourth-order valence-corrected chi connectivity index (χ4v) is 1.31. The molecule has 6 heteroatoms. The maximum absolute atomic E-state index is 12.1. The van der Waals surface area contributed by atoms with Crippen LogP contribution in [0.3, 0.4) is 0 Å². The lowest BCUT2D eigenvalue weighted by Crippen LogP contribution is -2.09. The molecule has 0 spiro atoms. The summed E-state index contributed by atoms with van der Waals surface area (Å²) in [5.74, 6) is 0. The molecule has 0 unspecified atom stereocenters. The molecule has 0 fully saturated rings. The quantitative estimate of drug-likeness (QED) is 0.574. The fourth-order valence-electron chi connectivity index (χ4n) is 0.638. The van der Waals surface area contributed by atoms with Crippen molar-refractivity contribution in [2.75, 3.05) is 0 Å². The first-order valence-electron chi connectivity index (χ1n) is 2.83. The van der Waals surface area contributed by atoms with Crippen LogP contribution in [0, 0.1) is 3.57 Å². The predicted octanol–water partition coefficient (Wildman–Crippen LogP) is 2.99. The average molecular weight is 305 g/mol. The minimum Gasteiger partial charge on any atom is -0.251 e. The van der Waals surface area contributed by atoms with Crippen LogP contribution in [-0.4, -0.2) is 4.98 Å². The molecule has 1 aromatic rings. The Bertz CT molecular complexity index is 299. The summed E-state index contributed by atoms with van der Waals surface area (Å²) >= 11 is 5.49. The first-order valence-corrected chi connectivity index (χ1v) is 4.36. The summed E-state index contributed by atoms with van der Waals surface area (Å²) in [7, 11) is 0. The monoisotopic (exact) mass is 305 g/mol. The van der Waals surface area contributed by atoms with Gasteiger partial charge in [0.1, 0.15) is 0 Å². The van der Waals surface area contributed by atoms with Crippen molar-refractivity contribution in [1.29, 1.82) is 0 Å². The van der Waals surface area contributed by atoms with E-state index in [9.17, 15) is 13.2 Å². The maximum Gasteiger partial charge on any atom is 0.434 e. The summed E-state index contributed by atoms with van der Waals surface area (Å²) in [6.07, 6.45) is -3.30. The van der Waals surface area contributed by atoms with Crippen molar-refractivity contribution in [3.05, 3.63) is 21.5 Å². The average Bonchev–Trinajstić information content (AvgIpc) is 1.92. The Balaban J connectivity index is 3.26. The number of nitrogens with zero attached hydrogens (tertiary/aromatic N) is 1. The van der Waals surface area contributed by atoms with Crippen LogP contribution in [0.2, 0.25) is 0 Å². The van der Waals surface area contributed by atoms with Gasteiger partial charge in [0.2, 0.25) is 0 Å². The molecule has 66 valence electrons. The predicted molar refractivity (Wildman–Crippen MR) is 49.2 cm³/mol. The minimum absolute atomic E-state index is 0.120. The first-order chi connectivity index (χ1) is 5.43. The fraction of sp³-hybridized carbons (Fsp3) is 0.167. The summed E-state index contributed by atoms with van der Waals surface area (Å²) in [4.78, 5) is 3.08. The van der Waals surface area contributed by atoms with Gasteiger partial charge in [-0.05, 0) is 28.7 Å². The minimum atomic E-state index is -4.42. The van der Waals surface area contributed by atoms with E-state index in [1.54, 1.807) is 22.6 Å². The third-order valence-corrected chi connectivity index (χ3v) is 2.92. The molecule has 1 aromatic heterocycles. The highest BCUT2D eigenvalue weighted by molar-refractivity contribution is 14.1. The zero-order valence-electron chi connectivity index (χ0n) is 5.56. The smallest absolute Gasteiger partial charge is 0.251 e. The van der Waals surface area contributed by atoms with Gasteiger partial charge in [0, 0.05) is 14.7 Å². The van der Waals surface area contributed by atoms with Crippen LogP contribution in [0.25, 0.3) is 0 Å². The highest BCUT2D eigenvalue weighted by Crippen LogP contribution is 2.33. The highest BCUT2D eigenvalue weighted by atomic mass is 127. The van der Waals surface area contributed by atoms with Crippen molar-refractivity contribution in [3.8, 4) is 0 Å². The summed E-state index contributed by atoms with van der Waals surface area (Å²) in [6, 6.07) is 1.47. The number of thiol groups is 1. The van der Waals surface area contributed by atoms with Crippen LogP contribution in [-0.2, 0) is 6.18 Å². The number of pyridine rings is 1. The molecule has 0 atom stereocenters. The van der Waals surface area contributed by atoms with Crippen LogP contribution < -0.4 is 0 Å². The Labute approximate surface area is 85.9 Å². The molecule has 0 radical (unpaired) electrons. The zero-order valence-corrected chi connectivity index (χ0v) is 8.61. The molecular weight excluding hydrogens is 302 g/mol. The van der Waals surface area contributed by atoms with Crippen LogP contribution in [0.1, 0.15) is 5.69 Å².